The van der Waals surface area contributed by atoms with Crippen LogP contribution in [0.25, 0.3) is 0 Å². The van der Waals surface area contributed by atoms with Crippen LogP contribution in [0, 0.1) is 10.1 Å². The van der Waals surface area contributed by atoms with E-state index in [1.54, 1.807) is 6.07 Å². The van der Waals surface area contributed by atoms with Crippen molar-refractivity contribution in [2.75, 3.05) is 0 Å². The molecule has 0 saturated carbocycles. The maximum atomic E-state index is 10.6. The van der Waals surface area contributed by atoms with E-state index >= 15 is 0 Å². The number of benzene rings is 1. The number of aryl methyl sites for hydroxylation is 1. The maximum Gasteiger partial charge on any atom is 0.270 e. The number of nitro groups is 1. The van der Waals surface area contributed by atoms with Crippen molar-refractivity contribution >= 4 is 21.6 Å². The van der Waals surface area contributed by atoms with Gasteiger partial charge in [-0.2, -0.15) is 0 Å². The normalized spacial score (nSPS) is 12.4. The molecule has 1 aromatic carbocycles. The first-order valence-corrected chi connectivity index (χ1v) is 6.44. The molecule has 17 heavy (non-hydrogen) atoms. The van der Waals surface area contributed by atoms with Crippen molar-refractivity contribution in [3.05, 3.63) is 38.3 Å². The molecular weight excluding hydrogens is 286 g/mol. The van der Waals surface area contributed by atoms with Gasteiger partial charge in [0.25, 0.3) is 5.69 Å². The van der Waals surface area contributed by atoms with Gasteiger partial charge in [0.15, 0.2) is 0 Å². The summed E-state index contributed by atoms with van der Waals surface area (Å²) in [7, 11) is 0. The predicted octanol–water partition coefficient (Wildman–Crippen LogP) is 3.45. The van der Waals surface area contributed by atoms with Gasteiger partial charge in [0.1, 0.15) is 0 Å². The van der Waals surface area contributed by atoms with Crippen molar-refractivity contribution in [2.24, 2.45) is 0 Å². The summed E-state index contributed by atoms with van der Waals surface area (Å²) >= 11 is 3.32. The van der Waals surface area contributed by atoms with E-state index in [-0.39, 0.29) is 11.8 Å². The standard InChI is InChI=1S/C12H16BrNO3/c1-2-3-11(15)7-5-9-4-6-10(14(16)17)8-12(9)13/h4,6,8,11,15H,2-3,5,7H2,1H3. The van der Waals surface area contributed by atoms with E-state index in [9.17, 15) is 15.2 Å². The number of non-ortho nitro benzene ring substituents is 1. The lowest BCUT2D eigenvalue weighted by Gasteiger charge is -2.09. The molecule has 94 valence electrons. The van der Waals surface area contributed by atoms with Crippen LogP contribution in [-0.2, 0) is 6.42 Å². The van der Waals surface area contributed by atoms with Gasteiger partial charge in [-0.1, -0.05) is 35.3 Å². The molecule has 1 rings (SSSR count). The molecule has 4 nitrogen and oxygen atoms in total. The van der Waals surface area contributed by atoms with Crippen LogP contribution in [0.2, 0.25) is 0 Å². The molecule has 0 bridgehead atoms. The number of rotatable bonds is 6. The summed E-state index contributed by atoms with van der Waals surface area (Å²) in [5.41, 5.74) is 1.07. The smallest absolute Gasteiger partial charge is 0.270 e. The number of aliphatic hydroxyl groups is 1. The molecule has 1 unspecified atom stereocenters. The number of hydrogen-bond acceptors (Lipinski definition) is 3. The Balaban J connectivity index is 2.63. The third-order valence-corrected chi connectivity index (χ3v) is 3.35. The van der Waals surface area contributed by atoms with Crippen LogP contribution in [0.1, 0.15) is 31.7 Å². The van der Waals surface area contributed by atoms with Crippen molar-refractivity contribution in [1.29, 1.82) is 0 Å². The second kappa shape index (κ2) is 6.71. The van der Waals surface area contributed by atoms with Crippen LogP contribution in [0.4, 0.5) is 5.69 Å². The van der Waals surface area contributed by atoms with Crippen molar-refractivity contribution in [3.8, 4) is 0 Å². The first-order valence-electron chi connectivity index (χ1n) is 5.65. The first-order chi connectivity index (χ1) is 8.04. The number of aliphatic hydroxyl groups excluding tert-OH is 1. The van der Waals surface area contributed by atoms with Crippen molar-refractivity contribution in [3.63, 3.8) is 0 Å². The lowest BCUT2D eigenvalue weighted by Crippen LogP contribution is -2.07. The lowest BCUT2D eigenvalue weighted by atomic mass is 10.0. The molecule has 0 aliphatic rings. The molecule has 1 atom stereocenters. The number of hydrogen-bond donors (Lipinski definition) is 1. The van der Waals surface area contributed by atoms with Crippen molar-refractivity contribution < 1.29 is 10.0 Å². The quantitative estimate of drug-likeness (QED) is 0.646. The monoisotopic (exact) mass is 301 g/mol. The van der Waals surface area contributed by atoms with Crippen molar-refractivity contribution in [1.82, 2.24) is 0 Å². The average Bonchev–Trinajstić information content (AvgIpc) is 2.27. The fourth-order valence-corrected chi connectivity index (χ4v) is 2.22. The zero-order chi connectivity index (χ0) is 12.8. The van der Waals surface area contributed by atoms with Crippen LogP contribution in [0.3, 0.4) is 0 Å². The molecule has 0 fully saturated rings. The minimum atomic E-state index is -0.416. The highest BCUT2D eigenvalue weighted by Crippen LogP contribution is 2.24. The Bertz CT molecular complexity index is 395. The van der Waals surface area contributed by atoms with Gasteiger partial charge in [-0.25, -0.2) is 0 Å². The topological polar surface area (TPSA) is 63.4 Å². The zero-order valence-corrected chi connectivity index (χ0v) is 11.3. The van der Waals surface area contributed by atoms with E-state index in [2.05, 4.69) is 15.9 Å². The Kier molecular flexibility index (Phi) is 5.58. The summed E-state index contributed by atoms with van der Waals surface area (Å²) in [6.07, 6.45) is 2.87. The second-order valence-electron chi connectivity index (χ2n) is 4.01. The van der Waals surface area contributed by atoms with Crippen LogP contribution >= 0.6 is 15.9 Å². The molecule has 1 aromatic rings. The maximum absolute atomic E-state index is 10.6. The highest BCUT2D eigenvalue weighted by molar-refractivity contribution is 9.10. The van der Waals surface area contributed by atoms with Gasteiger partial charge in [-0.3, -0.25) is 10.1 Å². The van der Waals surface area contributed by atoms with Crippen LogP contribution in [0.15, 0.2) is 22.7 Å². The summed E-state index contributed by atoms with van der Waals surface area (Å²) < 4.78 is 0.732. The Hall–Kier alpha value is -0.940. The summed E-state index contributed by atoms with van der Waals surface area (Å²) in [6, 6.07) is 4.73. The molecule has 1 N–H and O–H groups in total. The molecule has 0 aliphatic carbocycles. The molecule has 5 heteroatoms. The van der Waals surface area contributed by atoms with Crippen LogP contribution < -0.4 is 0 Å². The molecule has 0 saturated heterocycles. The molecule has 0 spiro atoms. The van der Waals surface area contributed by atoms with E-state index in [1.807, 2.05) is 6.92 Å². The van der Waals surface area contributed by atoms with Crippen molar-refractivity contribution in [2.45, 2.75) is 38.7 Å². The summed E-state index contributed by atoms with van der Waals surface area (Å²) in [5, 5.41) is 20.2. The SMILES string of the molecule is CCCC(O)CCc1ccc([N+](=O)[O-])cc1Br. The lowest BCUT2D eigenvalue weighted by molar-refractivity contribution is -0.384. The third-order valence-electron chi connectivity index (χ3n) is 2.62. The fourth-order valence-electron chi connectivity index (χ4n) is 1.65. The number of nitro benzene ring substituents is 1. The largest absolute Gasteiger partial charge is 0.393 e. The summed E-state index contributed by atoms with van der Waals surface area (Å²) in [5.74, 6) is 0. The van der Waals surface area contributed by atoms with Crippen LogP contribution in [0.5, 0.6) is 0 Å². The second-order valence-corrected chi connectivity index (χ2v) is 4.87. The van der Waals surface area contributed by atoms with Crippen LogP contribution in [-0.4, -0.2) is 16.1 Å². The van der Waals surface area contributed by atoms with E-state index in [1.165, 1.54) is 12.1 Å². The molecule has 0 amide bonds. The summed E-state index contributed by atoms with van der Waals surface area (Å²) in [4.78, 5) is 10.1. The Labute approximate surface area is 109 Å². The third kappa shape index (κ3) is 4.44. The number of halogens is 1. The minimum absolute atomic E-state index is 0.0785. The molecule has 0 aromatic heterocycles. The number of nitrogens with zero attached hydrogens (tertiary/aromatic N) is 1. The fraction of sp³-hybridized carbons (Fsp3) is 0.500. The Morgan fingerprint density at radius 1 is 1.47 bits per heavy atom. The van der Waals surface area contributed by atoms with Gasteiger partial charge in [0, 0.05) is 16.6 Å². The van der Waals surface area contributed by atoms with E-state index < -0.39 is 4.92 Å². The Morgan fingerprint density at radius 2 is 2.18 bits per heavy atom. The van der Waals surface area contributed by atoms with E-state index in [4.69, 9.17) is 0 Å². The van der Waals surface area contributed by atoms with Gasteiger partial charge in [-0.05, 0) is 24.8 Å². The average molecular weight is 302 g/mol. The highest BCUT2D eigenvalue weighted by Gasteiger charge is 2.10. The zero-order valence-electron chi connectivity index (χ0n) is 9.73. The van der Waals surface area contributed by atoms with Gasteiger partial charge < -0.3 is 5.11 Å². The van der Waals surface area contributed by atoms with E-state index in [0.29, 0.717) is 6.42 Å². The van der Waals surface area contributed by atoms with Gasteiger partial charge in [0.2, 0.25) is 0 Å². The van der Waals surface area contributed by atoms with Gasteiger partial charge in [-0.15, -0.1) is 0 Å². The van der Waals surface area contributed by atoms with E-state index in [0.717, 1.165) is 29.3 Å². The molecule has 0 aliphatic heterocycles. The first kappa shape index (κ1) is 14.1. The highest BCUT2D eigenvalue weighted by atomic mass is 79.9. The van der Waals surface area contributed by atoms with Gasteiger partial charge in [0.05, 0.1) is 11.0 Å². The molecule has 0 radical (unpaired) electrons. The van der Waals surface area contributed by atoms with Gasteiger partial charge >= 0.3 is 0 Å². The molecular formula is C12H16BrNO3. The Morgan fingerprint density at radius 3 is 2.71 bits per heavy atom. The minimum Gasteiger partial charge on any atom is -0.393 e. The summed E-state index contributed by atoms with van der Waals surface area (Å²) in [6.45, 7) is 2.03. The molecule has 0 heterocycles. The predicted molar refractivity (Wildman–Crippen MR) is 70.0 cm³/mol.